The summed E-state index contributed by atoms with van der Waals surface area (Å²) < 4.78 is 5.20. The molecule has 22 heavy (non-hydrogen) atoms. The van der Waals surface area contributed by atoms with Gasteiger partial charge >= 0.3 is 6.03 Å². The van der Waals surface area contributed by atoms with Crippen LogP contribution in [0, 0.1) is 13.8 Å². The van der Waals surface area contributed by atoms with E-state index in [1.807, 2.05) is 56.3 Å². The maximum absolute atomic E-state index is 11.8. The van der Waals surface area contributed by atoms with E-state index < -0.39 is 0 Å². The molecule has 2 aromatic carbocycles. The number of carbonyl (C=O) groups excluding carboxylic acids is 1. The lowest BCUT2D eigenvalue weighted by Gasteiger charge is -2.07. The molecule has 0 spiro atoms. The third kappa shape index (κ3) is 4.09. The van der Waals surface area contributed by atoms with Gasteiger partial charge in [0, 0.05) is 5.69 Å². The number of nitrogens with one attached hydrogen (secondary N) is 2. The van der Waals surface area contributed by atoms with Crippen molar-refractivity contribution < 1.29 is 9.53 Å². The predicted octanol–water partition coefficient (Wildman–Crippen LogP) is 3.47. The lowest BCUT2D eigenvalue weighted by atomic mass is 10.1. The van der Waals surface area contributed by atoms with Gasteiger partial charge in [0.25, 0.3) is 0 Å². The molecule has 114 valence electrons. The van der Waals surface area contributed by atoms with Crippen molar-refractivity contribution in [3.8, 4) is 5.75 Å². The molecule has 0 fully saturated rings. The molecule has 0 aromatic heterocycles. The Hall–Kier alpha value is -2.82. The van der Waals surface area contributed by atoms with E-state index in [2.05, 4.69) is 15.8 Å². The van der Waals surface area contributed by atoms with Crippen LogP contribution in [-0.4, -0.2) is 19.4 Å². The molecular formula is C17H19N3O2. The van der Waals surface area contributed by atoms with Crippen molar-refractivity contribution in [1.82, 2.24) is 5.43 Å². The molecule has 2 amide bonds. The Bertz CT molecular complexity index is 696. The van der Waals surface area contributed by atoms with E-state index in [1.54, 1.807) is 13.3 Å². The largest absolute Gasteiger partial charge is 0.496 e. The maximum atomic E-state index is 11.8. The van der Waals surface area contributed by atoms with Gasteiger partial charge in [0.05, 0.1) is 13.3 Å². The quantitative estimate of drug-likeness (QED) is 0.670. The molecule has 0 saturated heterocycles. The van der Waals surface area contributed by atoms with Gasteiger partial charge in [-0.25, -0.2) is 10.2 Å². The lowest BCUT2D eigenvalue weighted by Crippen LogP contribution is -2.24. The van der Waals surface area contributed by atoms with E-state index in [9.17, 15) is 4.79 Å². The van der Waals surface area contributed by atoms with Gasteiger partial charge in [-0.15, -0.1) is 0 Å². The Balaban J connectivity index is 1.93. The molecule has 0 bridgehead atoms. The summed E-state index contributed by atoms with van der Waals surface area (Å²) in [5, 5.41) is 6.68. The van der Waals surface area contributed by atoms with Gasteiger partial charge in [-0.2, -0.15) is 5.10 Å². The summed E-state index contributed by atoms with van der Waals surface area (Å²) in [6.07, 6.45) is 1.59. The fourth-order valence-corrected chi connectivity index (χ4v) is 2.01. The first-order chi connectivity index (χ1) is 10.6. The minimum Gasteiger partial charge on any atom is -0.496 e. The Morgan fingerprint density at radius 1 is 1.14 bits per heavy atom. The zero-order valence-electron chi connectivity index (χ0n) is 12.9. The number of amides is 2. The highest BCUT2D eigenvalue weighted by molar-refractivity contribution is 5.91. The minimum absolute atomic E-state index is 0.379. The van der Waals surface area contributed by atoms with E-state index in [1.165, 1.54) is 0 Å². The van der Waals surface area contributed by atoms with Gasteiger partial charge in [-0.05, 0) is 54.8 Å². The molecular weight excluding hydrogens is 278 g/mol. The Kier molecular flexibility index (Phi) is 5.14. The first-order valence-corrected chi connectivity index (χ1v) is 6.90. The number of ether oxygens (including phenoxy) is 1. The third-order valence-electron chi connectivity index (χ3n) is 3.19. The number of hydrazone groups is 1. The van der Waals surface area contributed by atoms with Gasteiger partial charge in [-0.1, -0.05) is 18.2 Å². The average Bonchev–Trinajstić information content (AvgIpc) is 2.50. The Morgan fingerprint density at radius 2 is 1.91 bits per heavy atom. The Labute approximate surface area is 130 Å². The fraction of sp³-hybridized carbons (Fsp3) is 0.176. The summed E-state index contributed by atoms with van der Waals surface area (Å²) >= 11 is 0. The number of hydrogen-bond acceptors (Lipinski definition) is 3. The van der Waals surface area contributed by atoms with Crippen LogP contribution >= 0.6 is 0 Å². The van der Waals surface area contributed by atoms with Gasteiger partial charge in [0.15, 0.2) is 0 Å². The van der Waals surface area contributed by atoms with Crippen molar-refractivity contribution in [3.05, 3.63) is 59.2 Å². The number of nitrogens with zero attached hydrogens (tertiary/aromatic N) is 1. The highest BCUT2D eigenvalue weighted by atomic mass is 16.5. The van der Waals surface area contributed by atoms with Gasteiger partial charge < -0.3 is 10.1 Å². The van der Waals surface area contributed by atoms with Gasteiger partial charge in [-0.3, -0.25) is 0 Å². The summed E-state index contributed by atoms with van der Waals surface area (Å²) in [4.78, 5) is 11.8. The number of urea groups is 1. The molecule has 2 N–H and O–H groups in total. The van der Waals surface area contributed by atoms with Crippen LogP contribution in [0.4, 0.5) is 10.5 Å². The number of rotatable bonds is 4. The van der Waals surface area contributed by atoms with E-state index in [-0.39, 0.29) is 6.03 Å². The van der Waals surface area contributed by atoms with Crippen molar-refractivity contribution in [2.45, 2.75) is 13.8 Å². The minimum atomic E-state index is -0.379. The van der Waals surface area contributed by atoms with Crippen LogP contribution in [0.2, 0.25) is 0 Å². The number of anilines is 1. The van der Waals surface area contributed by atoms with E-state index in [0.717, 1.165) is 28.1 Å². The SMILES string of the molecule is COc1ccc(C=NNC(=O)Nc2ccccc2C)cc1C. The molecule has 0 heterocycles. The number of aryl methyl sites for hydroxylation is 2. The summed E-state index contributed by atoms with van der Waals surface area (Å²) in [6, 6.07) is 12.8. The van der Waals surface area contributed by atoms with Crippen LogP contribution in [0.1, 0.15) is 16.7 Å². The number of benzene rings is 2. The predicted molar refractivity (Wildman–Crippen MR) is 88.7 cm³/mol. The van der Waals surface area contributed by atoms with E-state index in [4.69, 9.17) is 4.74 Å². The third-order valence-corrected chi connectivity index (χ3v) is 3.19. The normalized spacial score (nSPS) is 10.5. The molecule has 0 unspecified atom stereocenters. The van der Waals surface area contributed by atoms with Crippen LogP contribution in [0.15, 0.2) is 47.6 Å². The van der Waals surface area contributed by atoms with Crippen LogP contribution < -0.4 is 15.5 Å². The van der Waals surface area contributed by atoms with Crippen LogP contribution in [0.25, 0.3) is 0 Å². The first kappa shape index (κ1) is 15.6. The van der Waals surface area contributed by atoms with Crippen molar-refractivity contribution in [3.63, 3.8) is 0 Å². The van der Waals surface area contributed by atoms with Gasteiger partial charge in [0.2, 0.25) is 0 Å². The molecule has 2 rings (SSSR count). The molecule has 0 radical (unpaired) electrons. The summed E-state index contributed by atoms with van der Waals surface area (Å²) in [5.74, 6) is 0.822. The van der Waals surface area contributed by atoms with Crippen molar-refractivity contribution in [2.75, 3.05) is 12.4 Å². The second-order valence-corrected chi connectivity index (χ2v) is 4.87. The van der Waals surface area contributed by atoms with Crippen LogP contribution in [0.3, 0.4) is 0 Å². The zero-order valence-corrected chi connectivity index (χ0v) is 12.9. The highest BCUT2D eigenvalue weighted by Gasteiger charge is 2.02. The molecule has 0 atom stereocenters. The van der Waals surface area contributed by atoms with Crippen LogP contribution in [0.5, 0.6) is 5.75 Å². The highest BCUT2D eigenvalue weighted by Crippen LogP contribution is 2.17. The number of carbonyl (C=O) groups is 1. The second kappa shape index (κ2) is 7.26. The van der Waals surface area contributed by atoms with E-state index in [0.29, 0.717) is 0 Å². The topological polar surface area (TPSA) is 62.7 Å². The van der Waals surface area contributed by atoms with Crippen LogP contribution in [-0.2, 0) is 0 Å². The molecule has 5 nitrogen and oxygen atoms in total. The summed E-state index contributed by atoms with van der Waals surface area (Å²) in [7, 11) is 1.63. The first-order valence-electron chi connectivity index (χ1n) is 6.90. The van der Waals surface area contributed by atoms with Gasteiger partial charge in [0.1, 0.15) is 5.75 Å². The van der Waals surface area contributed by atoms with Crippen molar-refractivity contribution in [1.29, 1.82) is 0 Å². The zero-order chi connectivity index (χ0) is 15.9. The number of methoxy groups -OCH3 is 1. The van der Waals surface area contributed by atoms with E-state index >= 15 is 0 Å². The summed E-state index contributed by atoms with van der Waals surface area (Å²) in [5.41, 5.74) is 6.09. The van der Waals surface area contributed by atoms with Crippen molar-refractivity contribution in [2.24, 2.45) is 5.10 Å². The fourth-order valence-electron chi connectivity index (χ4n) is 2.01. The monoisotopic (exact) mass is 297 g/mol. The van der Waals surface area contributed by atoms with Crippen molar-refractivity contribution >= 4 is 17.9 Å². The Morgan fingerprint density at radius 3 is 2.59 bits per heavy atom. The second-order valence-electron chi connectivity index (χ2n) is 4.87. The number of hydrogen-bond donors (Lipinski definition) is 2. The molecule has 0 aliphatic heterocycles. The number of para-hydroxylation sites is 1. The summed E-state index contributed by atoms with van der Waals surface area (Å²) in [6.45, 7) is 3.88. The molecule has 0 aliphatic carbocycles. The molecule has 2 aromatic rings. The smallest absolute Gasteiger partial charge is 0.339 e. The standard InChI is InChI=1S/C17H19N3O2/c1-12-6-4-5-7-15(12)19-17(21)20-18-11-14-8-9-16(22-3)13(2)10-14/h4-11H,1-3H3,(H2,19,20,21). The average molecular weight is 297 g/mol. The lowest BCUT2D eigenvalue weighted by molar-refractivity contribution is 0.252. The maximum Gasteiger partial charge on any atom is 0.339 e. The molecule has 5 heteroatoms. The molecule has 0 aliphatic rings. The molecule has 0 saturated carbocycles.